The van der Waals surface area contributed by atoms with Gasteiger partial charge in [0.2, 0.25) is 0 Å². The SMILES string of the molecule is CN(Cc1cc(-c2ccccc2)n[nH]1)C(CO)C(C)(C)C. The van der Waals surface area contributed by atoms with Crippen LogP contribution in [0.1, 0.15) is 26.5 Å². The van der Waals surface area contributed by atoms with Crippen LogP contribution in [0.3, 0.4) is 0 Å². The Kier molecular flexibility index (Phi) is 4.80. The molecule has 0 aliphatic rings. The zero-order valence-electron chi connectivity index (χ0n) is 13.3. The van der Waals surface area contributed by atoms with Crippen molar-refractivity contribution in [3.63, 3.8) is 0 Å². The topological polar surface area (TPSA) is 52.2 Å². The Morgan fingerprint density at radius 3 is 2.48 bits per heavy atom. The maximum absolute atomic E-state index is 9.63. The average molecular weight is 287 g/mol. The van der Waals surface area contributed by atoms with E-state index in [1.54, 1.807) is 0 Å². The summed E-state index contributed by atoms with van der Waals surface area (Å²) in [4.78, 5) is 2.17. The maximum Gasteiger partial charge on any atom is 0.0924 e. The third-order valence-electron chi connectivity index (χ3n) is 3.82. The maximum atomic E-state index is 9.63. The molecule has 1 heterocycles. The molecule has 0 amide bonds. The Bertz CT molecular complexity index is 557. The molecule has 0 saturated heterocycles. The van der Waals surface area contributed by atoms with Crippen molar-refractivity contribution in [2.24, 2.45) is 5.41 Å². The first-order valence-electron chi connectivity index (χ1n) is 7.32. The highest BCUT2D eigenvalue weighted by Crippen LogP contribution is 2.25. The number of benzene rings is 1. The van der Waals surface area contributed by atoms with E-state index in [1.807, 2.05) is 25.2 Å². The molecule has 1 aromatic carbocycles. The van der Waals surface area contributed by atoms with Gasteiger partial charge < -0.3 is 5.11 Å². The Morgan fingerprint density at radius 1 is 1.24 bits per heavy atom. The molecule has 0 spiro atoms. The normalized spacial score (nSPS) is 13.6. The molecule has 4 nitrogen and oxygen atoms in total. The highest BCUT2D eigenvalue weighted by atomic mass is 16.3. The van der Waals surface area contributed by atoms with Crippen LogP contribution in [0.25, 0.3) is 11.3 Å². The van der Waals surface area contributed by atoms with Gasteiger partial charge in [-0.1, -0.05) is 51.1 Å². The van der Waals surface area contributed by atoms with E-state index in [2.05, 4.69) is 54.1 Å². The fourth-order valence-electron chi connectivity index (χ4n) is 2.65. The molecule has 1 aromatic heterocycles. The number of nitrogens with one attached hydrogen (secondary N) is 1. The summed E-state index contributed by atoms with van der Waals surface area (Å²) in [7, 11) is 2.04. The van der Waals surface area contributed by atoms with E-state index in [0.717, 1.165) is 23.5 Å². The minimum absolute atomic E-state index is 0.0335. The first-order valence-corrected chi connectivity index (χ1v) is 7.32. The van der Waals surface area contributed by atoms with Crippen molar-refractivity contribution in [1.82, 2.24) is 15.1 Å². The standard InChI is InChI=1S/C17H25N3O/c1-17(2,3)16(12-21)20(4)11-14-10-15(19-18-14)13-8-6-5-7-9-13/h5-10,16,21H,11-12H2,1-4H3,(H,18,19). The second-order valence-corrected chi connectivity index (χ2v) is 6.62. The van der Waals surface area contributed by atoms with Crippen LogP contribution in [0.5, 0.6) is 0 Å². The highest BCUT2D eigenvalue weighted by molar-refractivity contribution is 5.58. The number of aliphatic hydroxyl groups is 1. The van der Waals surface area contributed by atoms with Gasteiger partial charge in [0.05, 0.1) is 12.3 Å². The molecule has 2 N–H and O–H groups in total. The van der Waals surface area contributed by atoms with E-state index in [-0.39, 0.29) is 18.1 Å². The molecule has 0 saturated carbocycles. The number of hydrogen-bond acceptors (Lipinski definition) is 3. The van der Waals surface area contributed by atoms with Crippen LogP contribution in [0.2, 0.25) is 0 Å². The Hall–Kier alpha value is -1.65. The first kappa shape index (κ1) is 15.7. The molecule has 1 unspecified atom stereocenters. The van der Waals surface area contributed by atoms with Crippen molar-refractivity contribution in [3.8, 4) is 11.3 Å². The fourth-order valence-corrected chi connectivity index (χ4v) is 2.65. The summed E-state index contributed by atoms with van der Waals surface area (Å²) >= 11 is 0. The van der Waals surface area contributed by atoms with Gasteiger partial charge in [0.25, 0.3) is 0 Å². The smallest absolute Gasteiger partial charge is 0.0924 e. The largest absolute Gasteiger partial charge is 0.395 e. The number of aliphatic hydroxyl groups excluding tert-OH is 1. The van der Waals surface area contributed by atoms with Crippen molar-refractivity contribution in [1.29, 1.82) is 0 Å². The third-order valence-corrected chi connectivity index (χ3v) is 3.82. The summed E-state index contributed by atoms with van der Waals surface area (Å²) in [5.74, 6) is 0. The first-order chi connectivity index (χ1) is 9.91. The highest BCUT2D eigenvalue weighted by Gasteiger charge is 2.27. The van der Waals surface area contributed by atoms with Crippen molar-refractivity contribution in [2.75, 3.05) is 13.7 Å². The predicted molar refractivity (Wildman–Crippen MR) is 85.8 cm³/mol. The van der Waals surface area contributed by atoms with Crippen LogP contribution >= 0.6 is 0 Å². The van der Waals surface area contributed by atoms with Gasteiger partial charge in [-0.05, 0) is 18.5 Å². The molecular weight excluding hydrogens is 262 g/mol. The summed E-state index contributed by atoms with van der Waals surface area (Å²) in [5, 5.41) is 17.1. The van der Waals surface area contributed by atoms with Crippen LogP contribution < -0.4 is 0 Å². The number of hydrogen-bond donors (Lipinski definition) is 2. The fraction of sp³-hybridized carbons (Fsp3) is 0.471. The van der Waals surface area contributed by atoms with Crippen molar-refractivity contribution >= 4 is 0 Å². The van der Waals surface area contributed by atoms with E-state index < -0.39 is 0 Å². The molecule has 0 fully saturated rings. The average Bonchev–Trinajstić information content (AvgIpc) is 2.87. The summed E-state index contributed by atoms with van der Waals surface area (Å²) in [6.45, 7) is 7.33. The van der Waals surface area contributed by atoms with Crippen LogP contribution in [0.4, 0.5) is 0 Å². The van der Waals surface area contributed by atoms with E-state index >= 15 is 0 Å². The Balaban J connectivity index is 2.09. The van der Waals surface area contributed by atoms with Gasteiger partial charge in [-0.25, -0.2) is 0 Å². The number of nitrogens with zero attached hydrogens (tertiary/aromatic N) is 2. The molecular formula is C17H25N3O. The van der Waals surface area contributed by atoms with Crippen molar-refractivity contribution in [2.45, 2.75) is 33.4 Å². The summed E-state index contributed by atoms with van der Waals surface area (Å²) in [6.07, 6.45) is 0. The van der Waals surface area contributed by atoms with Gasteiger partial charge in [-0.3, -0.25) is 10.00 Å². The quantitative estimate of drug-likeness (QED) is 0.889. The monoisotopic (exact) mass is 287 g/mol. The molecule has 4 heteroatoms. The van der Waals surface area contributed by atoms with Gasteiger partial charge in [0, 0.05) is 23.8 Å². The van der Waals surface area contributed by atoms with Crippen LogP contribution in [0.15, 0.2) is 36.4 Å². The lowest BCUT2D eigenvalue weighted by atomic mass is 9.86. The second-order valence-electron chi connectivity index (χ2n) is 6.62. The lowest BCUT2D eigenvalue weighted by Crippen LogP contribution is -2.44. The number of aromatic amines is 1. The van der Waals surface area contributed by atoms with Gasteiger partial charge in [-0.15, -0.1) is 0 Å². The van der Waals surface area contributed by atoms with Crippen LogP contribution in [0, 0.1) is 5.41 Å². The predicted octanol–water partition coefficient (Wildman–Crippen LogP) is 2.92. The number of aromatic nitrogens is 2. The molecule has 2 aromatic rings. The van der Waals surface area contributed by atoms with Crippen molar-refractivity contribution < 1.29 is 5.11 Å². The number of H-pyrrole nitrogens is 1. The van der Waals surface area contributed by atoms with Gasteiger partial charge in [-0.2, -0.15) is 5.10 Å². The van der Waals surface area contributed by atoms with E-state index in [9.17, 15) is 5.11 Å². The molecule has 0 bridgehead atoms. The minimum Gasteiger partial charge on any atom is -0.395 e. The molecule has 0 radical (unpaired) electrons. The molecule has 0 aliphatic heterocycles. The van der Waals surface area contributed by atoms with E-state index in [1.165, 1.54) is 0 Å². The Morgan fingerprint density at radius 2 is 1.90 bits per heavy atom. The molecule has 21 heavy (non-hydrogen) atoms. The molecule has 0 aliphatic carbocycles. The second kappa shape index (κ2) is 6.41. The summed E-state index contributed by atoms with van der Waals surface area (Å²) in [6, 6.07) is 12.3. The van der Waals surface area contributed by atoms with Crippen LogP contribution in [-0.2, 0) is 6.54 Å². The lowest BCUT2D eigenvalue weighted by molar-refractivity contribution is 0.0606. The number of likely N-dealkylation sites (N-methyl/N-ethyl adjacent to an activating group) is 1. The Labute approximate surface area is 126 Å². The van der Waals surface area contributed by atoms with E-state index in [4.69, 9.17) is 0 Å². The van der Waals surface area contributed by atoms with Crippen molar-refractivity contribution in [3.05, 3.63) is 42.1 Å². The van der Waals surface area contributed by atoms with Gasteiger partial charge in [0.1, 0.15) is 0 Å². The van der Waals surface area contributed by atoms with Gasteiger partial charge >= 0.3 is 0 Å². The molecule has 2 rings (SSSR count). The summed E-state index contributed by atoms with van der Waals surface area (Å²) in [5.41, 5.74) is 3.15. The number of rotatable bonds is 5. The molecule has 1 atom stereocenters. The minimum atomic E-state index is 0.0335. The third kappa shape index (κ3) is 3.93. The van der Waals surface area contributed by atoms with Gasteiger partial charge in [0.15, 0.2) is 0 Å². The zero-order chi connectivity index (χ0) is 15.5. The summed E-state index contributed by atoms with van der Waals surface area (Å²) < 4.78 is 0. The lowest BCUT2D eigenvalue weighted by Gasteiger charge is -2.36. The van der Waals surface area contributed by atoms with Crippen LogP contribution in [-0.4, -0.2) is 39.9 Å². The molecule has 114 valence electrons. The zero-order valence-corrected chi connectivity index (χ0v) is 13.3. The van der Waals surface area contributed by atoms with E-state index in [0.29, 0.717) is 0 Å².